The van der Waals surface area contributed by atoms with Gasteiger partial charge in [0.15, 0.2) is 0 Å². The lowest BCUT2D eigenvalue weighted by atomic mass is 10.0. The van der Waals surface area contributed by atoms with E-state index in [2.05, 4.69) is 5.32 Å². The predicted molar refractivity (Wildman–Crippen MR) is 141 cm³/mol. The zero-order chi connectivity index (χ0) is 25.4. The predicted octanol–water partition coefficient (Wildman–Crippen LogP) is 5.71. The normalized spacial score (nSPS) is 11.7. The van der Waals surface area contributed by atoms with Crippen molar-refractivity contribution in [1.29, 1.82) is 0 Å². The SMILES string of the molecule is COc1cccc(CN(C(=O)Cc2c(Cl)cccc2Cl)[C@@H](Cc2ccccc2)C(=O)NC(C)C)c1. The second-order valence-corrected chi connectivity index (χ2v) is 9.43. The van der Waals surface area contributed by atoms with E-state index in [9.17, 15) is 9.59 Å². The molecule has 5 nitrogen and oxygen atoms in total. The number of benzene rings is 3. The second-order valence-electron chi connectivity index (χ2n) is 8.62. The Morgan fingerprint density at radius 3 is 2.17 bits per heavy atom. The Hall–Kier alpha value is -3.02. The number of nitrogens with one attached hydrogen (secondary N) is 1. The molecule has 3 rings (SSSR count). The van der Waals surface area contributed by atoms with Crippen molar-refractivity contribution in [3.8, 4) is 5.75 Å². The third-order valence-corrected chi connectivity index (χ3v) is 6.29. The van der Waals surface area contributed by atoms with Crippen LogP contribution in [0.1, 0.15) is 30.5 Å². The molecule has 3 aromatic rings. The van der Waals surface area contributed by atoms with Crippen LogP contribution in [0.4, 0.5) is 0 Å². The number of hydrogen-bond acceptors (Lipinski definition) is 3. The topological polar surface area (TPSA) is 58.6 Å². The Morgan fingerprint density at radius 1 is 0.914 bits per heavy atom. The van der Waals surface area contributed by atoms with Crippen molar-refractivity contribution in [2.24, 2.45) is 0 Å². The number of carbonyl (C=O) groups excluding carboxylic acids is 2. The molecule has 1 atom stereocenters. The highest BCUT2D eigenvalue weighted by molar-refractivity contribution is 6.36. The van der Waals surface area contributed by atoms with E-state index in [1.165, 1.54) is 0 Å². The van der Waals surface area contributed by atoms with E-state index < -0.39 is 6.04 Å². The zero-order valence-corrected chi connectivity index (χ0v) is 21.6. The van der Waals surface area contributed by atoms with Crippen molar-refractivity contribution in [3.05, 3.63) is 99.5 Å². The van der Waals surface area contributed by atoms with E-state index in [0.717, 1.165) is 11.1 Å². The Morgan fingerprint density at radius 2 is 1.54 bits per heavy atom. The van der Waals surface area contributed by atoms with Crippen LogP contribution in [0.2, 0.25) is 10.0 Å². The van der Waals surface area contributed by atoms with Crippen molar-refractivity contribution in [2.75, 3.05) is 7.11 Å². The van der Waals surface area contributed by atoms with Gasteiger partial charge in [-0.25, -0.2) is 0 Å². The maximum atomic E-state index is 13.8. The molecule has 0 spiro atoms. The number of ether oxygens (including phenoxy) is 1. The van der Waals surface area contributed by atoms with Gasteiger partial charge in [-0.15, -0.1) is 0 Å². The smallest absolute Gasteiger partial charge is 0.243 e. The molecule has 35 heavy (non-hydrogen) atoms. The summed E-state index contributed by atoms with van der Waals surface area (Å²) in [5.74, 6) is 0.211. The maximum Gasteiger partial charge on any atom is 0.243 e. The molecule has 0 aliphatic rings. The minimum Gasteiger partial charge on any atom is -0.497 e. The van der Waals surface area contributed by atoms with Crippen LogP contribution in [-0.2, 0) is 29.0 Å². The number of carbonyl (C=O) groups is 2. The first-order chi connectivity index (χ1) is 16.8. The van der Waals surface area contributed by atoms with Gasteiger partial charge in [-0.3, -0.25) is 9.59 Å². The van der Waals surface area contributed by atoms with E-state index in [-0.39, 0.29) is 30.8 Å². The van der Waals surface area contributed by atoms with Crippen LogP contribution in [0.25, 0.3) is 0 Å². The van der Waals surface area contributed by atoms with E-state index in [1.54, 1.807) is 30.2 Å². The zero-order valence-electron chi connectivity index (χ0n) is 20.1. The molecule has 0 fully saturated rings. The summed E-state index contributed by atoms with van der Waals surface area (Å²) in [6, 6.07) is 21.5. The maximum absolute atomic E-state index is 13.8. The van der Waals surface area contributed by atoms with E-state index >= 15 is 0 Å². The molecule has 0 aliphatic heterocycles. The van der Waals surface area contributed by atoms with Gasteiger partial charge in [0.1, 0.15) is 11.8 Å². The van der Waals surface area contributed by atoms with Crippen LogP contribution in [0.15, 0.2) is 72.8 Å². The molecule has 184 valence electrons. The van der Waals surface area contributed by atoms with Crippen LogP contribution < -0.4 is 10.1 Å². The second kappa shape index (κ2) is 12.6. The molecule has 0 heterocycles. The number of rotatable bonds is 10. The van der Waals surface area contributed by atoms with Crippen LogP contribution in [-0.4, -0.2) is 35.9 Å². The molecule has 0 aliphatic carbocycles. The molecule has 0 aromatic heterocycles. The van der Waals surface area contributed by atoms with Crippen molar-refractivity contribution in [2.45, 2.75) is 45.3 Å². The summed E-state index contributed by atoms with van der Waals surface area (Å²) in [5, 5.41) is 3.81. The molecule has 3 aromatic carbocycles. The lowest BCUT2D eigenvalue weighted by molar-refractivity contribution is -0.141. The van der Waals surface area contributed by atoms with E-state index in [4.69, 9.17) is 27.9 Å². The standard InChI is InChI=1S/C28H30Cl2N2O3/c1-19(2)31-28(34)26(16-20-9-5-4-6-10-20)32(18-21-11-7-12-22(15-21)35-3)27(33)17-23-24(29)13-8-14-25(23)30/h4-15,19,26H,16-18H2,1-3H3,(H,31,34)/t26-/m0/s1. The van der Waals surface area contributed by atoms with Crippen LogP contribution in [0.3, 0.4) is 0 Å². The number of amides is 2. The Balaban J connectivity index is 2.02. The third-order valence-electron chi connectivity index (χ3n) is 5.58. The first kappa shape index (κ1) is 26.6. The van der Waals surface area contributed by atoms with Gasteiger partial charge in [-0.1, -0.05) is 71.7 Å². The molecule has 0 bridgehead atoms. The van der Waals surface area contributed by atoms with Crippen molar-refractivity contribution < 1.29 is 14.3 Å². The van der Waals surface area contributed by atoms with Gasteiger partial charge in [0, 0.05) is 29.1 Å². The average Bonchev–Trinajstić information content (AvgIpc) is 2.84. The Bertz CT molecular complexity index is 1130. The highest BCUT2D eigenvalue weighted by atomic mass is 35.5. The Kier molecular flexibility index (Phi) is 9.58. The number of hydrogen-bond donors (Lipinski definition) is 1. The highest BCUT2D eigenvalue weighted by Gasteiger charge is 2.31. The quantitative estimate of drug-likeness (QED) is 0.378. The van der Waals surface area contributed by atoms with E-state index in [0.29, 0.717) is 27.8 Å². The number of halogens is 2. The van der Waals surface area contributed by atoms with Gasteiger partial charge < -0.3 is 15.0 Å². The van der Waals surface area contributed by atoms with Crippen LogP contribution in [0, 0.1) is 0 Å². The fourth-order valence-corrected chi connectivity index (χ4v) is 4.39. The minimum absolute atomic E-state index is 0.0251. The summed E-state index contributed by atoms with van der Waals surface area (Å²) < 4.78 is 5.36. The molecular weight excluding hydrogens is 483 g/mol. The molecule has 0 saturated carbocycles. The van der Waals surface area contributed by atoms with Gasteiger partial charge in [0.2, 0.25) is 11.8 Å². The number of methoxy groups -OCH3 is 1. The molecule has 0 radical (unpaired) electrons. The summed E-state index contributed by atoms with van der Waals surface area (Å²) in [6.07, 6.45) is 0.341. The lowest BCUT2D eigenvalue weighted by Crippen LogP contribution is -2.52. The third kappa shape index (κ3) is 7.48. The summed E-state index contributed by atoms with van der Waals surface area (Å²) in [5.41, 5.74) is 2.34. The van der Waals surface area contributed by atoms with Gasteiger partial charge in [-0.2, -0.15) is 0 Å². The number of nitrogens with zero attached hydrogens (tertiary/aromatic N) is 1. The fraction of sp³-hybridized carbons (Fsp3) is 0.286. The summed E-state index contributed by atoms with van der Waals surface area (Å²) >= 11 is 12.7. The van der Waals surface area contributed by atoms with Crippen LogP contribution in [0.5, 0.6) is 5.75 Å². The van der Waals surface area contributed by atoms with Crippen molar-refractivity contribution in [1.82, 2.24) is 10.2 Å². The monoisotopic (exact) mass is 512 g/mol. The molecule has 2 amide bonds. The van der Waals surface area contributed by atoms with Gasteiger partial charge in [0.05, 0.1) is 13.5 Å². The first-order valence-electron chi connectivity index (χ1n) is 11.5. The Labute approximate surface area is 217 Å². The minimum atomic E-state index is -0.736. The average molecular weight is 513 g/mol. The lowest BCUT2D eigenvalue weighted by Gasteiger charge is -2.32. The van der Waals surface area contributed by atoms with Crippen molar-refractivity contribution >= 4 is 35.0 Å². The van der Waals surface area contributed by atoms with Gasteiger partial charge in [0.25, 0.3) is 0 Å². The van der Waals surface area contributed by atoms with Crippen molar-refractivity contribution in [3.63, 3.8) is 0 Å². The largest absolute Gasteiger partial charge is 0.497 e. The van der Waals surface area contributed by atoms with Gasteiger partial charge >= 0.3 is 0 Å². The van der Waals surface area contributed by atoms with E-state index in [1.807, 2.05) is 68.4 Å². The molecule has 0 saturated heterocycles. The summed E-state index contributed by atoms with van der Waals surface area (Å²) in [6.45, 7) is 4.02. The summed E-state index contributed by atoms with van der Waals surface area (Å²) in [7, 11) is 1.59. The molecule has 7 heteroatoms. The fourth-order valence-electron chi connectivity index (χ4n) is 3.86. The van der Waals surface area contributed by atoms with Crippen LogP contribution >= 0.6 is 23.2 Å². The van der Waals surface area contributed by atoms with Gasteiger partial charge in [-0.05, 0) is 54.8 Å². The summed E-state index contributed by atoms with van der Waals surface area (Å²) in [4.78, 5) is 28.8. The first-order valence-corrected chi connectivity index (χ1v) is 12.2. The molecule has 0 unspecified atom stereocenters. The highest BCUT2D eigenvalue weighted by Crippen LogP contribution is 2.26. The molecular formula is C28H30Cl2N2O3. The molecule has 1 N–H and O–H groups in total.